The molecule has 0 saturated heterocycles. The summed E-state index contributed by atoms with van der Waals surface area (Å²) in [5, 5.41) is 15.4. The van der Waals surface area contributed by atoms with Crippen molar-refractivity contribution >= 4 is 23.2 Å². The summed E-state index contributed by atoms with van der Waals surface area (Å²) in [6, 6.07) is 9.69. The number of hydrogen-bond acceptors (Lipinski definition) is 5. The van der Waals surface area contributed by atoms with E-state index in [4.69, 9.17) is 4.74 Å². The van der Waals surface area contributed by atoms with Crippen LogP contribution in [0.5, 0.6) is 5.75 Å². The Morgan fingerprint density at radius 1 is 1.29 bits per heavy atom. The molecule has 0 aliphatic carbocycles. The first-order valence-corrected chi connectivity index (χ1v) is 7.16. The van der Waals surface area contributed by atoms with E-state index in [1.807, 2.05) is 0 Å². The SMILES string of the molecule is COc1ccc(C(CC(=O)[O-])NC(=O)c2cccs2)cc1. The Morgan fingerprint density at radius 2 is 2.00 bits per heavy atom. The minimum absolute atomic E-state index is 0.288. The van der Waals surface area contributed by atoms with Crippen molar-refractivity contribution in [3.63, 3.8) is 0 Å². The molecule has 0 radical (unpaired) electrons. The van der Waals surface area contributed by atoms with Crippen LogP contribution in [0.3, 0.4) is 0 Å². The molecule has 21 heavy (non-hydrogen) atoms. The van der Waals surface area contributed by atoms with Crippen LogP contribution in [-0.4, -0.2) is 19.0 Å². The summed E-state index contributed by atoms with van der Waals surface area (Å²) in [6.45, 7) is 0. The van der Waals surface area contributed by atoms with Crippen LogP contribution in [0.25, 0.3) is 0 Å². The highest BCUT2D eigenvalue weighted by molar-refractivity contribution is 7.12. The van der Waals surface area contributed by atoms with Gasteiger partial charge in [0.1, 0.15) is 5.75 Å². The van der Waals surface area contributed by atoms with Crippen LogP contribution in [0.1, 0.15) is 27.7 Å². The molecule has 1 unspecified atom stereocenters. The quantitative estimate of drug-likeness (QED) is 0.874. The number of carboxylic acid groups (broad SMARTS) is 1. The zero-order chi connectivity index (χ0) is 15.2. The summed E-state index contributed by atoms with van der Waals surface area (Å²) in [5.74, 6) is -0.857. The molecule has 6 heteroatoms. The third-order valence-corrected chi connectivity index (χ3v) is 3.81. The van der Waals surface area contributed by atoms with Gasteiger partial charge in [0.05, 0.1) is 18.0 Å². The van der Waals surface area contributed by atoms with Crippen LogP contribution in [-0.2, 0) is 4.79 Å². The number of carbonyl (C=O) groups excluding carboxylic acids is 2. The number of hydrogen-bond donors (Lipinski definition) is 1. The Balaban J connectivity index is 2.17. The second-order valence-electron chi connectivity index (χ2n) is 4.35. The van der Waals surface area contributed by atoms with E-state index >= 15 is 0 Å². The fourth-order valence-corrected chi connectivity index (χ4v) is 2.52. The van der Waals surface area contributed by atoms with Gasteiger partial charge < -0.3 is 20.0 Å². The lowest BCUT2D eigenvalue weighted by molar-refractivity contribution is -0.306. The lowest BCUT2D eigenvalue weighted by atomic mass is 10.0. The van der Waals surface area contributed by atoms with Gasteiger partial charge in [0.25, 0.3) is 5.91 Å². The molecule has 0 aliphatic rings. The van der Waals surface area contributed by atoms with Gasteiger partial charge in [0.15, 0.2) is 0 Å². The first-order valence-electron chi connectivity index (χ1n) is 6.28. The van der Waals surface area contributed by atoms with Crippen molar-refractivity contribution in [2.45, 2.75) is 12.5 Å². The first-order chi connectivity index (χ1) is 10.1. The molecule has 2 aromatic rings. The summed E-state index contributed by atoms with van der Waals surface area (Å²) in [5.41, 5.74) is 0.685. The zero-order valence-electron chi connectivity index (χ0n) is 11.4. The number of amides is 1. The second-order valence-corrected chi connectivity index (χ2v) is 5.30. The normalized spacial score (nSPS) is 11.7. The molecule has 0 bridgehead atoms. The van der Waals surface area contributed by atoms with Crippen LogP contribution in [0, 0.1) is 0 Å². The van der Waals surface area contributed by atoms with Crippen molar-refractivity contribution in [1.29, 1.82) is 0 Å². The van der Waals surface area contributed by atoms with Gasteiger partial charge in [0, 0.05) is 12.4 Å². The maximum absolute atomic E-state index is 12.1. The number of rotatable bonds is 6. The van der Waals surface area contributed by atoms with E-state index in [2.05, 4.69) is 5.32 Å². The number of nitrogens with one attached hydrogen (secondary N) is 1. The molecular weight excluding hydrogens is 290 g/mol. The maximum Gasteiger partial charge on any atom is 0.261 e. The monoisotopic (exact) mass is 304 g/mol. The van der Waals surface area contributed by atoms with Crippen molar-refractivity contribution in [1.82, 2.24) is 5.32 Å². The molecule has 5 nitrogen and oxygen atoms in total. The molecule has 0 aliphatic heterocycles. The average molecular weight is 304 g/mol. The van der Waals surface area contributed by atoms with Gasteiger partial charge >= 0.3 is 0 Å². The van der Waals surface area contributed by atoms with Gasteiger partial charge in [-0.1, -0.05) is 18.2 Å². The number of benzene rings is 1. The third-order valence-electron chi connectivity index (χ3n) is 2.94. The summed E-state index contributed by atoms with van der Waals surface area (Å²) in [7, 11) is 1.55. The summed E-state index contributed by atoms with van der Waals surface area (Å²) >= 11 is 1.30. The smallest absolute Gasteiger partial charge is 0.261 e. The topological polar surface area (TPSA) is 78.5 Å². The number of methoxy groups -OCH3 is 1. The van der Waals surface area contributed by atoms with E-state index in [0.717, 1.165) is 0 Å². The van der Waals surface area contributed by atoms with Gasteiger partial charge in [-0.2, -0.15) is 0 Å². The van der Waals surface area contributed by atoms with Crippen LogP contribution < -0.4 is 15.2 Å². The average Bonchev–Trinajstić information content (AvgIpc) is 3.00. The van der Waals surface area contributed by atoms with Crippen molar-refractivity contribution in [3.8, 4) is 5.75 Å². The van der Waals surface area contributed by atoms with Gasteiger partial charge in [-0.15, -0.1) is 11.3 Å². The van der Waals surface area contributed by atoms with Gasteiger partial charge in [-0.05, 0) is 29.1 Å². The molecule has 2 rings (SSSR count). The molecule has 1 atom stereocenters. The Labute approximate surface area is 126 Å². The van der Waals surface area contributed by atoms with Crippen molar-refractivity contribution in [3.05, 3.63) is 52.2 Å². The van der Waals surface area contributed by atoms with Crippen LogP contribution in [0.4, 0.5) is 0 Å². The third kappa shape index (κ3) is 4.06. The number of carbonyl (C=O) groups is 2. The lowest BCUT2D eigenvalue weighted by Crippen LogP contribution is -2.33. The van der Waals surface area contributed by atoms with E-state index in [0.29, 0.717) is 16.2 Å². The largest absolute Gasteiger partial charge is 0.550 e. The van der Waals surface area contributed by atoms with Crippen molar-refractivity contribution in [2.75, 3.05) is 7.11 Å². The zero-order valence-corrected chi connectivity index (χ0v) is 12.2. The predicted molar refractivity (Wildman–Crippen MR) is 77.1 cm³/mol. The van der Waals surface area contributed by atoms with Crippen LogP contribution >= 0.6 is 11.3 Å². The van der Waals surface area contributed by atoms with E-state index in [1.54, 1.807) is 48.9 Å². The van der Waals surface area contributed by atoms with Gasteiger partial charge in [0.2, 0.25) is 0 Å². The highest BCUT2D eigenvalue weighted by atomic mass is 32.1. The minimum atomic E-state index is -1.22. The summed E-state index contributed by atoms with van der Waals surface area (Å²) in [4.78, 5) is 23.5. The highest BCUT2D eigenvalue weighted by Gasteiger charge is 2.16. The van der Waals surface area contributed by atoms with E-state index in [1.165, 1.54) is 11.3 Å². The molecule has 1 heterocycles. The molecular formula is C15H14NO4S-. The molecule has 0 saturated carbocycles. The maximum atomic E-state index is 12.1. The first kappa shape index (κ1) is 15.1. The summed E-state index contributed by atoms with van der Waals surface area (Å²) < 4.78 is 5.06. The molecule has 1 N–H and O–H groups in total. The van der Waals surface area contributed by atoms with Gasteiger partial charge in [-0.25, -0.2) is 0 Å². The minimum Gasteiger partial charge on any atom is -0.550 e. The van der Waals surface area contributed by atoms with Crippen LogP contribution in [0.15, 0.2) is 41.8 Å². The molecule has 0 fully saturated rings. The molecule has 110 valence electrons. The highest BCUT2D eigenvalue weighted by Crippen LogP contribution is 2.21. The molecule has 1 aromatic carbocycles. The Morgan fingerprint density at radius 3 is 2.52 bits per heavy atom. The fourth-order valence-electron chi connectivity index (χ4n) is 1.89. The van der Waals surface area contributed by atoms with E-state index < -0.39 is 12.0 Å². The Kier molecular flexibility index (Phi) is 4.94. The number of thiophene rings is 1. The molecule has 1 aromatic heterocycles. The Hall–Kier alpha value is -2.34. The standard InChI is InChI=1S/C15H15NO4S/c1-20-11-6-4-10(5-7-11)12(9-14(17)18)16-15(19)13-3-2-8-21-13/h2-8,12H,9H2,1H3,(H,16,19)(H,17,18)/p-1. The van der Waals surface area contributed by atoms with Gasteiger partial charge in [-0.3, -0.25) is 4.79 Å². The fraction of sp³-hybridized carbons (Fsp3) is 0.200. The summed E-state index contributed by atoms with van der Waals surface area (Å²) in [6.07, 6.45) is -0.288. The number of carboxylic acids is 1. The van der Waals surface area contributed by atoms with Crippen molar-refractivity contribution < 1.29 is 19.4 Å². The second kappa shape index (κ2) is 6.90. The predicted octanol–water partition coefficient (Wildman–Crippen LogP) is 1.37. The molecule has 0 spiro atoms. The lowest BCUT2D eigenvalue weighted by Gasteiger charge is -2.19. The number of ether oxygens (including phenoxy) is 1. The van der Waals surface area contributed by atoms with E-state index in [-0.39, 0.29) is 12.3 Å². The number of aliphatic carboxylic acids is 1. The van der Waals surface area contributed by atoms with E-state index in [9.17, 15) is 14.7 Å². The Bertz CT molecular complexity index is 607. The van der Waals surface area contributed by atoms with Crippen LogP contribution in [0.2, 0.25) is 0 Å². The van der Waals surface area contributed by atoms with Crippen molar-refractivity contribution in [2.24, 2.45) is 0 Å². The molecule has 1 amide bonds.